The van der Waals surface area contributed by atoms with E-state index in [9.17, 15) is 13.2 Å². The third-order valence-electron chi connectivity index (χ3n) is 6.20. The van der Waals surface area contributed by atoms with Crippen LogP contribution in [0.15, 0.2) is 47.5 Å². The van der Waals surface area contributed by atoms with Crippen LogP contribution in [-0.2, 0) is 27.8 Å². The van der Waals surface area contributed by atoms with Crippen molar-refractivity contribution in [2.45, 2.75) is 57.6 Å². The lowest BCUT2D eigenvalue weighted by molar-refractivity contribution is 0.0873. The number of rotatable bonds is 7. The number of ketones is 1. The number of methoxy groups -OCH3 is 1. The molecule has 1 aromatic heterocycles. The Kier molecular flexibility index (Phi) is 6.41. The van der Waals surface area contributed by atoms with Gasteiger partial charge in [0, 0.05) is 19.2 Å². The lowest BCUT2D eigenvalue weighted by Crippen LogP contribution is -2.17. The van der Waals surface area contributed by atoms with E-state index in [1.54, 1.807) is 32.2 Å². The molecule has 1 unspecified atom stereocenters. The number of carbonyl (C=O) groups is 1. The van der Waals surface area contributed by atoms with Crippen molar-refractivity contribution in [1.29, 1.82) is 0 Å². The van der Waals surface area contributed by atoms with Crippen molar-refractivity contribution in [2.75, 3.05) is 7.11 Å². The second-order valence-electron chi connectivity index (χ2n) is 8.29. The predicted octanol–water partition coefficient (Wildman–Crippen LogP) is 4.54. The van der Waals surface area contributed by atoms with Gasteiger partial charge in [-0.25, -0.2) is 4.68 Å². The second-order valence-corrected chi connectivity index (χ2v) is 9.83. The molecule has 33 heavy (non-hydrogen) atoms. The summed E-state index contributed by atoms with van der Waals surface area (Å²) in [6, 6.07) is 10.1. The van der Waals surface area contributed by atoms with Gasteiger partial charge in [0.05, 0.1) is 12.3 Å². The van der Waals surface area contributed by atoms with Crippen molar-refractivity contribution in [1.82, 2.24) is 9.78 Å². The monoisotopic (exact) mass is 468 g/mol. The Labute approximate surface area is 194 Å². The van der Waals surface area contributed by atoms with Crippen molar-refractivity contribution in [3.8, 4) is 5.88 Å². The highest BCUT2D eigenvalue weighted by Crippen LogP contribution is 2.37. The first-order valence-corrected chi connectivity index (χ1v) is 12.4. The smallest absolute Gasteiger partial charge is 0.340 e. The Morgan fingerprint density at radius 2 is 1.85 bits per heavy atom. The van der Waals surface area contributed by atoms with E-state index in [0.29, 0.717) is 12.1 Å². The van der Waals surface area contributed by atoms with E-state index >= 15 is 0 Å². The van der Waals surface area contributed by atoms with Gasteiger partial charge in [-0.1, -0.05) is 29.8 Å². The van der Waals surface area contributed by atoms with E-state index in [-0.39, 0.29) is 28.2 Å². The maximum Gasteiger partial charge on any atom is 0.340 e. The highest BCUT2D eigenvalue weighted by atomic mass is 32.2. The summed E-state index contributed by atoms with van der Waals surface area (Å²) in [5, 5.41) is 4.20. The summed E-state index contributed by atoms with van der Waals surface area (Å²) in [5.74, 6) is -0.409. The first kappa shape index (κ1) is 23.2. The van der Waals surface area contributed by atoms with Crippen molar-refractivity contribution < 1.29 is 22.1 Å². The molecule has 1 aliphatic rings. The lowest BCUT2D eigenvalue weighted by atomic mass is 9.83. The van der Waals surface area contributed by atoms with E-state index in [1.165, 1.54) is 28.6 Å². The molecular weight excluding hydrogens is 440 g/mol. The molecule has 0 radical (unpaired) electrons. The molecular formula is C25H28N2O5S. The first-order valence-electron chi connectivity index (χ1n) is 11.0. The molecule has 4 rings (SSSR count). The van der Waals surface area contributed by atoms with Crippen LogP contribution in [0.5, 0.6) is 5.88 Å². The zero-order valence-electron chi connectivity index (χ0n) is 19.3. The summed E-state index contributed by atoms with van der Waals surface area (Å²) < 4.78 is 38.4. The molecule has 0 saturated carbocycles. The maximum absolute atomic E-state index is 13.6. The first-order chi connectivity index (χ1) is 15.8. The summed E-state index contributed by atoms with van der Waals surface area (Å²) in [4.78, 5) is 13.6. The van der Waals surface area contributed by atoms with Crippen molar-refractivity contribution >= 4 is 15.9 Å². The second kappa shape index (κ2) is 9.11. The Morgan fingerprint density at radius 1 is 1.12 bits per heavy atom. The number of nitrogens with zero attached hydrogens (tertiary/aromatic N) is 2. The van der Waals surface area contributed by atoms with Crippen LogP contribution >= 0.6 is 0 Å². The highest BCUT2D eigenvalue weighted by molar-refractivity contribution is 7.87. The molecule has 174 valence electrons. The topological polar surface area (TPSA) is 87.5 Å². The number of benzene rings is 2. The standard InChI is InChI=1S/C25H28N2O5S/c1-5-27-25(32-33(29,30)19-12-9-16(2)10-13-19)21(15-26-27)24(28)20-14-11-18-7-6-8-22(31-4)23(18)17(20)3/h9-15,22H,5-8H2,1-4H3. The minimum atomic E-state index is -4.14. The van der Waals surface area contributed by atoms with Gasteiger partial charge in [0.15, 0.2) is 5.78 Å². The van der Waals surface area contributed by atoms with Gasteiger partial charge < -0.3 is 8.92 Å². The average Bonchev–Trinajstić information content (AvgIpc) is 3.20. The summed E-state index contributed by atoms with van der Waals surface area (Å²) in [7, 11) is -2.46. The molecule has 3 aromatic rings. The van der Waals surface area contributed by atoms with E-state index in [0.717, 1.165) is 36.0 Å². The molecule has 1 heterocycles. The van der Waals surface area contributed by atoms with Crippen molar-refractivity contribution in [3.05, 3.63) is 76.0 Å². The van der Waals surface area contributed by atoms with Crippen LogP contribution in [0.3, 0.4) is 0 Å². The molecule has 1 aliphatic carbocycles. The molecule has 8 heteroatoms. The summed E-state index contributed by atoms with van der Waals surface area (Å²) in [5.41, 5.74) is 4.62. The lowest BCUT2D eigenvalue weighted by Gasteiger charge is -2.27. The molecule has 0 N–H and O–H groups in total. The van der Waals surface area contributed by atoms with Gasteiger partial charge in [-0.05, 0) is 68.9 Å². The van der Waals surface area contributed by atoms with E-state index < -0.39 is 10.1 Å². The van der Waals surface area contributed by atoms with Crippen LogP contribution < -0.4 is 4.18 Å². The van der Waals surface area contributed by atoms with Gasteiger partial charge in [0.1, 0.15) is 10.5 Å². The third-order valence-corrected chi connectivity index (χ3v) is 7.43. The number of fused-ring (bicyclic) bond motifs is 1. The number of ether oxygens (including phenoxy) is 1. The SMILES string of the molecule is CCn1ncc(C(=O)c2ccc3c(c2C)C(OC)CCC3)c1OS(=O)(=O)c1ccc(C)cc1. The molecule has 0 aliphatic heterocycles. The van der Waals surface area contributed by atoms with Gasteiger partial charge in [-0.15, -0.1) is 0 Å². The number of hydrogen-bond donors (Lipinski definition) is 0. The van der Waals surface area contributed by atoms with Crippen molar-refractivity contribution in [3.63, 3.8) is 0 Å². The minimum Gasteiger partial charge on any atom is -0.377 e. The van der Waals surface area contributed by atoms with Crippen LogP contribution in [0, 0.1) is 13.8 Å². The number of carbonyl (C=O) groups excluding carboxylic acids is 1. The molecule has 0 saturated heterocycles. The Bertz CT molecular complexity index is 1290. The number of aromatic nitrogens is 2. The van der Waals surface area contributed by atoms with E-state index in [2.05, 4.69) is 5.10 Å². The number of aryl methyl sites for hydroxylation is 3. The van der Waals surface area contributed by atoms with Gasteiger partial charge >= 0.3 is 10.1 Å². The zero-order valence-corrected chi connectivity index (χ0v) is 20.1. The Morgan fingerprint density at radius 3 is 2.52 bits per heavy atom. The Hall–Kier alpha value is -2.97. The molecule has 1 atom stereocenters. The quantitative estimate of drug-likeness (QED) is 0.374. The van der Waals surface area contributed by atoms with Gasteiger partial charge in [0.25, 0.3) is 0 Å². The summed E-state index contributed by atoms with van der Waals surface area (Å²) in [6.45, 7) is 5.94. The summed E-state index contributed by atoms with van der Waals surface area (Å²) in [6.07, 6.45) is 4.20. The van der Waals surface area contributed by atoms with Gasteiger partial charge in [0.2, 0.25) is 5.88 Å². The molecule has 0 fully saturated rings. The molecule has 7 nitrogen and oxygen atoms in total. The van der Waals surface area contributed by atoms with Crippen molar-refractivity contribution in [2.24, 2.45) is 0 Å². The third kappa shape index (κ3) is 4.32. The van der Waals surface area contributed by atoms with E-state index in [4.69, 9.17) is 8.92 Å². The summed E-state index contributed by atoms with van der Waals surface area (Å²) >= 11 is 0. The fourth-order valence-electron chi connectivity index (χ4n) is 4.40. The molecule has 0 spiro atoms. The fraction of sp³-hybridized carbons (Fsp3) is 0.360. The zero-order chi connectivity index (χ0) is 23.8. The highest BCUT2D eigenvalue weighted by Gasteiger charge is 2.29. The largest absolute Gasteiger partial charge is 0.377 e. The number of hydrogen-bond acceptors (Lipinski definition) is 6. The Balaban J connectivity index is 1.75. The minimum absolute atomic E-state index is 0.0169. The van der Waals surface area contributed by atoms with E-state index in [1.807, 2.05) is 19.9 Å². The van der Waals surface area contributed by atoms with Gasteiger partial charge in [-0.3, -0.25) is 4.79 Å². The van der Waals surface area contributed by atoms with Crippen LogP contribution in [0.1, 0.15) is 64.0 Å². The van der Waals surface area contributed by atoms with Crippen LogP contribution in [0.2, 0.25) is 0 Å². The van der Waals surface area contributed by atoms with Crippen LogP contribution in [-0.4, -0.2) is 31.1 Å². The predicted molar refractivity (Wildman–Crippen MR) is 124 cm³/mol. The average molecular weight is 469 g/mol. The van der Waals surface area contributed by atoms with Crippen LogP contribution in [0.25, 0.3) is 0 Å². The molecule has 0 amide bonds. The normalized spacial score (nSPS) is 15.8. The maximum atomic E-state index is 13.6. The van der Waals surface area contributed by atoms with Crippen LogP contribution in [0.4, 0.5) is 0 Å². The molecule has 0 bridgehead atoms. The molecule has 2 aromatic carbocycles. The fourth-order valence-corrected chi connectivity index (χ4v) is 5.35. The van der Waals surface area contributed by atoms with Gasteiger partial charge in [-0.2, -0.15) is 13.5 Å².